The van der Waals surface area contributed by atoms with E-state index in [2.05, 4.69) is 22.5 Å². The van der Waals surface area contributed by atoms with E-state index in [1.54, 1.807) is 13.0 Å². The fraction of sp³-hybridized carbons (Fsp3) is 0.250. The van der Waals surface area contributed by atoms with Crippen LogP contribution < -0.4 is 0 Å². The Morgan fingerprint density at radius 1 is 1.62 bits per heavy atom. The van der Waals surface area contributed by atoms with Gasteiger partial charge in [-0.3, -0.25) is 4.79 Å². The molecule has 0 aliphatic carbocycles. The van der Waals surface area contributed by atoms with Crippen LogP contribution in [0.2, 0.25) is 0 Å². The SMILES string of the molecule is C=CC(C)(Cc1cc(F)cc(Br)c1)C(=O)O. The first-order valence-electron chi connectivity index (χ1n) is 4.69. The van der Waals surface area contributed by atoms with Gasteiger partial charge in [-0.1, -0.05) is 22.0 Å². The zero-order valence-electron chi connectivity index (χ0n) is 8.84. The molecule has 1 unspecified atom stereocenters. The smallest absolute Gasteiger partial charge is 0.313 e. The van der Waals surface area contributed by atoms with Crippen molar-refractivity contribution in [2.75, 3.05) is 0 Å². The average Bonchev–Trinajstić information content (AvgIpc) is 2.15. The Kier molecular flexibility index (Phi) is 3.86. The average molecular weight is 287 g/mol. The maximum atomic E-state index is 13.1. The molecule has 0 bridgehead atoms. The van der Waals surface area contributed by atoms with E-state index in [-0.39, 0.29) is 12.2 Å². The highest BCUT2D eigenvalue weighted by Gasteiger charge is 2.29. The molecule has 1 N–H and O–H groups in total. The second-order valence-corrected chi connectivity index (χ2v) is 4.80. The van der Waals surface area contributed by atoms with Crippen LogP contribution >= 0.6 is 15.9 Å². The molecule has 1 aromatic carbocycles. The van der Waals surface area contributed by atoms with E-state index >= 15 is 0 Å². The minimum Gasteiger partial charge on any atom is -0.481 e. The van der Waals surface area contributed by atoms with Crippen molar-refractivity contribution >= 4 is 21.9 Å². The van der Waals surface area contributed by atoms with Crippen molar-refractivity contribution in [2.45, 2.75) is 13.3 Å². The quantitative estimate of drug-likeness (QED) is 0.862. The number of hydrogen-bond acceptors (Lipinski definition) is 1. The fourth-order valence-electron chi connectivity index (χ4n) is 1.37. The van der Waals surface area contributed by atoms with E-state index in [1.165, 1.54) is 18.2 Å². The molecular weight excluding hydrogens is 275 g/mol. The van der Waals surface area contributed by atoms with E-state index in [0.29, 0.717) is 10.0 Å². The van der Waals surface area contributed by atoms with E-state index < -0.39 is 11.4 Å². The van der Waals surface area contributed by atoms with Crippen LogP contribution in [-0.2, 0) is 11.2 Å². The molecule has 1 aromatic rings. The number of hydrogen-bond donors (Lipinski definition) is 1. The van der Waals surface area contributed by atoms with Gasteiger partial charge in [0.15, 0.2) is 0 Å². The third-order valence-electron chi connectivity index (χ3n) is 2.43. The monoisotopic (exact) mass is 286 g/mol. The number of halogens is 2. The number of benzene rings is 1. The summed E-state index contributed by atoms with van der Waals surface area (Å²) in [4.78, 5) is 11.0. The number of rotatable bonds is 4. The van der Waals surface area contributed by atoms with Crippen LogP contribution in [0.3, 0.4) is 0 Å². The number of aliphatic carboxylic acids is 1. The molecule has 16 heavy (non-hydrogen) atoms. The Labute approximate surface area is 102 Å². The molecule has 0 aliphatic heterocycles. The lowest BCUT2D eigenvalue weighted by molar-refractivity contribution is -0.145. The number of carboxylic acid groups (broad SMARTS) is 1. The molecule has 4 heteroatoms. The van der Waals surface area contributed by atoms with Crippen molar-refractivity contribution < 1.29 is 14.3 Å². The predicted octanol–water partition coefficient (Wildman–Crippen LogP) is 3.41. The second kappa shape index (κ2) is 4.78. The minimum atomic E-state index is -1.08. The maximum absolute atomic E-state index is 13.1. The van der Waals surface area contributed by atoms with Crippen LogP contribution in [0.4, 0.5) is 4.39 Å². The molecule has 0 fully saturated rings. The second-order valence-electron chi connectivity index (χ2n) is 3.88. The van der Waals surface area contributed by atoms with Crippen LogP contribution in [-0.4, -0.2) is 11.1 Å². The summed E-state index contributed by atoms with van der Waals surface area (Å²) in [5.41, 5.74) is -0.454. The van der Waals surface area contributed by atoms with Crippen LogP contribution in [0.1, 0.15) is 12.5 Å². The fourth-order valence-corrected chi connectivity index (χ4v) is 1.88. The van der Waals surface area contributed by atoms with E-state index in [4.69, 9.17) is 5.11 Å². The van der Waals surface area contributed by atoms with Crippen LogP contribution in [0, 0.1) is 11.2 Å². The normalized spacial score (nSPS) is 14.2. The van der Waals surface area contributed by atoms with Gasteiger partial charge in [0.05, 0.1) is 5.41 Å². The lowest BCUT2D eigenvalue weighted by atomic mass is 9.84. The van der Waals surface area contributed by atoms with E-state index in [0.717, 1.165) is 0 Å². The summed E-state index contributed by atoms with van der Waals surface area (Å²) in [6.45, 7) is 5.07. The van der Waals surface area contributed by atoms with Crippen molar-refractivity contribution in [1.29, 1.82) is 0 Å². The molecule has 2 nitrogen and oxygen atoms in total. The molecular formula is C12H12BrFO2. The molecule has 0 saturated heterocycles. The molecule has 0 amide bonds. The summed E-state index contributed by atoms with van der Waals surface area (Å²) >= 11 is 3.17. The summed E-state index contributed by atoms with van der Waals surface area (Å²) in [5, 5.41) is 9.06. The predicted molar refractivity (Wildman–Crippen MR) is 63.7 cm³/mol. The molecule has 1 atom stereocenters. The summed E-state index contributed by atoms with van der Waals surface area (Å²) in [5.74, 6) is -1.36. The molecule has 1 rings (SSSR count). The summed E-state index contributed by atoms with van der Waals surface area (Å²) in [7, 11) is 0. The van der Waals surface area contributed by atoms with Crippen LogP contribution in [0.15, 0.2) is 35.3 Å². The first kappa shape index (κ1) is 12.9. The lowest BCUT2D eigenvalue weighted by Crippen LogP contribution is -2.27. The molecule has 0 aliphatic rings. The third kappa shape index (κ3) is 2.92. The van der Waals surface area contributed by atoms with Gasteiger partial charge in [0.2, 0.25) is 0 Å². The molecule has 0 heterocycles. The summed E-state index contributed by atoms with van der Waals surface area (Å²) in [6.07, 6.45) is 1.58. The van der Waals surface area contributed by atoms with Crippen LogP contribution in [0.5, 0.6) is 0 Å². The first-order valence-corrected chi connectivity index (χ1v) is 5.48. The van der Waals surface area contributed by atoms with Crippen molar-refractivity contribution in [1.82, 2.24) is 0 Å². The van der Waals surface area contributed by atoms with Crippen molar-refractivity contribution in [3.05, 3.63) is 46.7 Å². The lowest BCUT2D eigenvalue weighted by Gasteiger charge is -2.20. The van der Waals surface area contributed by atoms with Gasteiger partial charge in [0.25, 0.3) is 0 Å². The topological polar surface area (TPSA) is 37.3 Å². The first-order chi connectivity index (χ1) is 7.37. The van der Waals surface area contributed by atoms with Gasteiger partial charge < -0.3 is 5.11 Å². The largest absolute Gasteiger partial charge is 0.481 e. The van der Waals surface area contributed by atoms with Gasteiger partial charge >= 0.3 is 5.97 Å². The highest BCUT2D eigenvalue weighted by Crippen LogP contribution is 2.26. The van der Waals surface area contributed by atoms with Crippen molar-refractivity contribution in [2.24, 2.45) is 5.41 Å². The molecule has 0 aromatic heterocycles. The summed E-state index contributed by atoms with van der Waals surface area (Å²) < 4.78 is 13.7. The zero-order valence-corrected chi connectivity index (χ0v) is 10.4. The molecule has 0 spiro atoms. The maximum Gasteiger partial charge on any atom is 0.313 e. The number of carboxylic acids is 1. The van der Waals surface area contributed by atoms with E-state index in [9.17, 15) is 9.18 Å². The van der Waals surface area contributed by atoms with Crippen molar-refractivity contribution in [3.63, 3.8) is 0 Å². The minimum absolute atomic E-state index is 0.211. The van der Waals surface area contributed by atoms with Crippen molar-refractivity contribution in [3.8, 4) is 0 Å². The van der Waals surface area contributed by atoms with Gasteiger partial charge in [-0.2, -0.15) is 0 Å². The van der Waals surface area contributed by atoms with Gasteiger partial charge in [0, 0.05) is 4.47 Å². The van der Waals surface area contributed by atoms with Gasteiger partial charge in [-0.15, -0.1) is 6.58 Å². The number of carbonyl (C=O) groups is 1. The van der Waals surface area contributed by atoms with Gasteiger partial charge in [0.1, 0.15) is 5.82 Å². The highest BCUT2D eigenvalue weighted by atomic mass is 79.9. The Hall–Kier alpha value is -1.16. The van der Waals surface area contributed by atoms with Gasteiger partial charge in [-0.05, 0) is 37.1 Å². The molecule has 86 valence electrons. The summed E-state index contributed by atoms with van der Waals surface area (Å²) in [6, 6.07) is 4.36. The molecule has 0 saturated carbocycles. The Morgan fingerprint density at radius 3 is 2.69 bits per heavy atom. The Morgan fingerprint density at radius 2 is 2.25 bits per heavy atom. The van der Waals surface area contributed by atoms with E-state index in [1.807, 2.05) is 0 Å². The van der Waals surface area contributed by atoms with Gasteiger partial charge in [-0.25, -0.2) is 4.39 Å². The third-order valence-corrected chi connectivity index (χ3v) is 2.89. The Bertz CT molecular complexity index is 411. The zero-order chi connectivity index (χ0) is 12.3. The standard InChI is InChI=1S/C12H12BrFO2/c1-3-12(2,11(15)16)7-8-4-9(13)6-10(14)5-8/h3-6H,1,7H2,2H3,(H,15,16). The highest BCUT2D eigenvalue weighted by molar-refractivity contribution is 9.10. The molecule has 0 radical (unpaired) electrons. The Balaban J connectivity index is 3.03. The van der Waals surface area contributed by atoms with Crippen LogP contribution in [0.25, 0.3) is 0 Å².